The van der Waals surface area contributed by atoms with Crippen LogP contribution in [-0.4, -0.2) is 17.0 Å². The lowest BCUT2D eigenvalue weighted by atomic mass is 10.0. The van der Waals surface area contributed by atoms with E-state index in [2.05, 4.69) is 64.1 Å². The Bertz CT molecular complexity index is 609. The highest BCUT2D eigenvalue weighted by Crippen LogP contribution is 2.25. The number of nitrogens with zero attached hydrogens (tertiary/aromatic N) is 2. The van der Waals surface area contributed by atoms with Gasteiger partial charge in [-0.15, -0.1) is 0 Å². The summed E-state index contributed by atoms with van der Waals surface area (Å²) in [6.07, 6.45) is 0.743. The molecule has 0 spiro atoms. The number of halogens is 1. The monoisotopic (exact) mass is 333 g/mol. The molecule has 0 saturated heterocycles. The Hall–Kier alpha value is -1.42. The third kappa shape index (κ3) is 3.37. The zero-order valence-corrected chi connectivity index (χ0v) is 14.0. The highest BCUT2D eigenvalue weighted by molar-refractivity contribution is 9.10. The molecular formula is C16H20BrN3. The van der Waals surface area contributed by atoms with Gasteiger partial charge in [-0.1, -0.05) is 41.9 Å². The Morgan fingerprint density at radius 3 is 2.60 bits per heavy atom. The van der Waals surface area contributed by atoms with Crippen molar-refractivity contribution in [2.45, 2.75) is 33.1 Å². The fourth-order valence-electron chi connectivity index (χ4n) is 2.43. The van der Waals surface area contributed by atoms with Crippen LogP contribution >= 0.6 is 15.9 Å². The van der Waals surface area contributed by atoms with Gasteiger partial charge in [0.05, 0.1) is 0 Å². The van der Waals surface area contributed by atoms with Crippen molar-refractivity contribution in [3.8, 4) is 0 Å². The summed E-state index contributed by atoms with van der Waals surface area (Å²) in [7, 11) is 1.91. The second-order valence-electron chi connectivity index (χ2n) is 5.20. The fourth-order valence-corrected chi connectivity index (χ4v) is 2.88. The molecule has 0 fully saturated rings. The summed E-state index contributed by atoms with van der Waals surface area (Å²) in [6, 6.07) is 8.26. The van der Waals surface area contributed by atoms with E-state index in [-0.39, 0.29) is 0 Å². The SMILES string of the molecule is CNc1nc(Cc2cccc(Br)c2)nc(C)c1C(C)C. The van der Waals surface area contributed by atoms with E-state index in [0.29, 0.717) is 5.92 Å². The molecule has 4 heteroatoms. The van der Waals surface area contributed by atoms with Crippen molar-refractivity contribution in [3.63, 3.8) is 0 Å². The van der Waals surface area contributed by atoms with Crippen LogP contribution in [0.5, 0.6) is 0 Å². The minimum Gasteiger partial charge on any atom is -0.373 e. The van der Waals surface area contributed by atoms with E-state index in [9.17, 15) is 0 Å². The smallest absolute Gasteiger partial charge is 0.135 e. The van der Waals surface area contributed by atoms with Crippen LogP contribution in [0.2, 0.25) is 0 Å². The molecule has 0 aliphatic heterocycles. The van der Waals surface area contributed by atoms with Gasteiger partial charge in [-0.05, 0) is 30.5 Å². The molecule has 0 aliphatic rings. The Balaban J connectivity index is 2.36. The van der Waals surface area contributed by atoms with E-state index in [1.54, 1.807) is 0 Å². The Labute approximate surface area is 129 Å². The van der Waals surface area contributed by atoms with Crippen molar-refractivity contribution < 1.29 is 0 Å². The summed E-state index contributed by atoms with van der Waals surface area (Å²) in [5.74, 6) is 2.21. The zero-order chi connectivity index (χ0) is 14.7. The number of nitrogens with one attached hydrogen (secondary N) is 1. The largest absolute Gasteiger partial charge is 0.373 e. The molecular weight excluding hydrogens is 314 g/mol. The van der Waals surface area contributed by atoms with Crippen LogP contribution in [0.4, 0.5) is 5.82 Å². The zero-order valence-electron chi connectivity index (χ0n) is 12.4. The van der Waals surface area contributed by atoms with Gasteiger partial charge in [0, 0.05) is 29.2 Å². The van der Waals surface area contributed by atoms with Crippen molar-refractivity contribution in [2.24, 2.45) is 0 Å². The van der Waals surface area contributed by atoms with E-state index in [4.69, 9.17) is 0 Å². The van der Waals surface area contributed by atoms with Crippen LogP contribution in [0.1, 0.15) is 42.4 Å². The van der Waals surface area contributed by atoms with Crippen LogP contribution in [-0.2, 0) is 6.42 Å². The predicted molar refractivity (Wildman–Crippen MR) is 87.4 cm³/mol. The predicted octanol–water partition coefficient (Wildman–Crippen LogP) is 4.30. The standard InChI is InChI=1S/C16H20BrN3/c1-10(2)15-11(3)19-14(20-16(15)18-4)9-12-6-5-7-13(17)8-12/h5-8,10H,9H2,1-4H3,(H,18,19,20). The molecule has 106 valence electrons. The van der Waals surface area contributed by atoms with Gasteiger partial charge < -0.3 is 5.32 Å². The van der Waals surface area contributed by atoms with Gasteiger partial charge in [0.1, 0.15) is 11.6 Å². The third-order valence-electron chi connectivity index (χ3n) is 3.25. The first-order valence-corrected chi connectivity index (χ1v) is 7.60. The van der Waals surface area contributed by atoms with Crippen LogP contribution < -0.4 is 5.32 Å². The van der Waals surface area contributed by atoms with E-state index < -0.39 is 0 Å². The second-order valence-corrected chi connectivity index (χ2v) is 6.11. The minimum atomic E-state index is 0.414. The molecule has 0 radical (unpaired) electrons. The lowest BCUT2D eigenvalue weighted by Gasteiger charge is -2.15. The fraction of sp³-hybridized carbons (Fsp3) is 0.375. The highest BCUT2D eigenvalue weighted by Gasteiger charge is 2.14. The second kappa shape index (κ2) is 6.35. The van der Waals surface area contributed by atoms with Gasteiger partial charge in [0.15, 0.2) is 0 Å². The van der Waals surface area contributed by atoms with Crippen LogP contribution in [0.25, 0.3) is 0 Å². The molecule has 1 heterocycles. The van der Waals surface area contributed by atoms with Gasteiger partial charge in [-0.3, -0.25) is 0 Å². The van der Waals surface area contributed by atoms with Gasteiger partial charge in [0.2, 0.25) is 0 Å². The van der Waals surface area contributed by atoms with E-state index >= 15 is 0 Å². The van der Waals surface area contributed by atoms with Gasteiger partial charge in [0.25, 0.3) is 0 Å². The van der Waals surface area contributed by atoms with E-state index in [1.807, 2.05) is 19.2 Å². The maximum Gasteiger partial charge on any atom is 0.135 e. The Morgan fingerprint density at radius 1 is 1.25 bits per heavy atom. The number of hydrogen-bond acceptors (Lipinski definition) is 3. The average Bonchev–Trinajstić information content (AvgIpc) is 2.37. The quantitative estimate of drug-likeness (QED) is 0.906. The molecule has 1 aromatic carbocycles. The molecule has 1 aromatic heterocycles. The first-order chi connectivity index (χ1) is 9.51. The number of aryl methyl sites for hydroxylation is 1. The molecule has 0 bridgehead atoms. The number of benzene rings is 1. The van der Waals surface area contributed by atoms with Crippen molar-refractivity contribution in [1.29, 1.82) is 0 Å². The van der Waals surface area contributed by atoms with E-state index in [0.717, 1.165) is 28.2 Å². The molecule has 0 atom stereocenters. The molecule has 0 amide bonds. The maximum absolute atomic E-state index is 4.66. The van der Waals surface area contributed by atoms with Crippen molar-refractivity contribution in [3.05, 3.63) is 51.4 Å². The molecule has 0 unspecified atom stereocenters. The summed E-state index contributed by atoms with van der Waals surface area (Å²) in [4.78, 5) is 9.32. The number of aromatic nitrogens is 2. The third-order valence-corrected chi connectivity index (χ3v) is 3.74. The number of rotatable bonds is 4. The van der Waals surface area contributed by atoms with Gasteiger partial charge in [-0.2, -0.15) is 0 Å². The van der Waals surface area contributed by atoms with Crippen LogP contribution in [0.3, 0.4) is 0 Å². The summed E-state index contributed by atoms with van der Waals surface area (Å²) < 4.78 is 1.08. The molecule has 2 aromatic rings. The first-order valence-electron chi connectivity index (χ1n) is 6.81. The summed E-state index contributed by atoms with van der Waals surface area (Å²) in [5.41, 5.74) is 3.47. The molecule has 0 saturated carbocycles. The summed E-state index contributed by atoms with van der Waals surface area (Å²) in [6.45, 7) is 6.39. The topological polar surface area (TPSA) is 37.8 Å². The van der Waals surface area contributed by atoms with E-state index in [1.165, 1.54) is 11.1 Å². The van der Waals surface area contributed by atoms with Gasteiger partial charge >= 0.3 is 0 Å². The Morgan fingerprint density at radius 2 is 2.00 bits per heavy atom. The number of anilines is 1. The normalized spacial score (nSPS) is 10.9. The summed E-state index contributed by atoms with van der Waals surface area (Å²) >= 11 is 3.50. The van der Waals surface area contributed by atoms with Crippen molar-refractivity contribution in [1.82, 2.24) is 9.97 Å². The highest BCUT2D eigenvalue weighted by atomic mass is 79.9. The van der Waals surface area contributed by atoms with Crippen LogP contribution in [0, 0.1) is 6.92 Å². The molecule has 2 rings (SSSR count). The first kappa shape index (κ1) is 15.0. The molecule has 20 heavy (non-hydrogen) atoms. The molecule has 1 N–H and O–H groups in total. The molecule has 0 aliphatic carbocycles. The minimum absolute atomic E-state index is 0.414. The van der Waals surface area contributed by atoms with Crippen LogP contribution in [0.15, 0.2) is 28.7 Å². The lowest BCUT2D eigenvalue weighted by Crippen LogP contribution is -2.09. The number of hydrogen-bond donors (Lipinski definition) is 1. The average molecular weight is 334 g/mol. The maximum atomic E-state index is 4.66. The van der Waals surface area contributed by atoms with Gasteiger partial charge in [-0.25, -0.2) is 9.97 Å². The summed E-state index contributed by atoms with van der Waals surface area (Å²) in [5, 5.41) is 3.19. The lowest BCUT2D eigenvalue weighted by molar-refractivity contribution is 0.814. The Kier molecular flexibility index (Phi) is 4.76. The molecule has 3 nitrogen and oxygen atoms in total. The van der Waals surface area contributed by atoms with Crippen molar-refractivity contribution in [2.75, 3.05) is 12.4 Å². The van der Waals surface area contributed by atoms with Crippen molar-refractivity contribution >= 4 is 21.7 Å².